The van der Waals surface area contributed by atoms with Gasteiger partial charge in [0.05, 0.1) is 6.21 Å². The average Bonchev–Trinajstić information content (AvgIpc) is 1.87. The number of hydrogen-bond acceptors (Lipinski definition) is 2. The molecule has 0 aromatic rings. The first-order valence-electron chi connectivity index (χ1n) is 2.05. The molecule has 1 heterocycles. The fourth-order valence-corrected chi connectivity index (χ4v) is 0.435. The maximum atomic E-state index is 10.2. The molecule has 0 fully saturated rings. The molecule has 0 aliphatic carbocycles. The molecule has 0 saturated carbocycles. The van der Waals surface area contributed by atoms with Crippen LogP contribution in [0.4, 0.5) is 0 Å². The Kier molecular flexibility index (Phi) is 0.923. The van der Waals surface area contributed by atoms with Gasteiger partial charge in [-0.3, -0.25) is 0 Å². The van der Waals surface area contributed by atoms with Gasteiger partial charge in [-0.15, -0.1) is 0 Å². The molecule has 0 saturated heterocycles. The first-order chi connectivity index (χ1) is 3.29. The molecule has 1 aliphatic heterocycles. The van der Waals surface area contributed by atoms with Gasteiger partial charge < -0.3 is 5.21 Å². The van der Waals surface area contributed by atoms with E-state index in [9.17, 15) is 5.21 Å². The number of hydroxylamine groups is 1. The summed E-state index contributed by atoms with van der Waals surface area (Å²) < 4.78 is 0. The predicted molar refractivity (Wildman–Crippen MR) is 26.6 cm³/mol. The molecule has 0 bridgehead atoms. The van der Waals surface area contributed by atoms with Crippen LogP contribution in [-0.2, 0) is 0 Å². The van der Waals surface area contributed by atoms with Crippen LogP contribution in [0.25, 0.3) is 0 Å². The lowest BCUT2D eigenvalue weighted by molar-refractivity contribution is -0.795. The van der Waals surface area contributed by atoms with Gasteiger partial charge >= 0.3 is 0 Å². The van der Waals surface area contributed by atoms with Crippen molar-refractivity contribution in [2.75, 3.05) is 0 Å². The summed E-state index contributed by atoms with van der Waals surface area (Å²) in [6.07, 6.45) is 3.06. The zero-order valence-corrected chi connectivity index (χ0v) is 4.01. The van der Waals surface area contributed by atoms with Crippen molar-refractivity contribution in [1.82, 2.24) is 0 Å². The van der Waals surface area contributed by atoms with Crippen LogP contribution >= 0.6 is 0 Å². The molecule has 0 aromatic carbocycles. The summed E-state index contributed by atoms with van der Waals surface area (Å²) in [5.41, 5.74) is 0.935. The minimum Gasteiger partial charge on any atom is -0.601 e. The molecular formula is C4H6N2O. The third kappa shape index (κ3) is 0.852. The van der Waals surface area contributed by atoms with Gasteiger partial charge in [-0.2, -0.15) is 0 Å². The maximum Gasteiger partial charge on any atom is 0.126 e. The lowest BCUT2D eigenvalue weighted by Gasteiger charge is -2.01. The smallest absolute Gasteiger partial charge is 0.126 e. The molecule has 0 amide bonds. The van der Waals surface area contributed by atoms with Crippen LogP contribution in [0.2, 0.25) is 0 Å². The average molecular weight is 98.1 g/mol. The Morgan fingerprint density at radius 2 is 2.57 bits per heavy atom. The summed E-state index contributed by atoms with van der Waals surface area (Å²) in [6, 6.07) is 0. The number of nitrogens with one attached hydrogen (secondary N) is 1. The fourth-order valence-electron chi connectivity index (χ4n) is 0.435. The molecule has 1 atom stereocenters. The van der Waals surface area contributed by atoms with Crippen molar-refractivity contribution in [1.29, 1.82) is 0 Å². The van der Waals surface area contributed by atoms with E-state index < -0.39 is 0 Å². The largest absolute Gasteiger partial charge is 0.601 e. The van der Waals surface area contributed by atoms with Crippen molar-refractivity contribution in [3.8, 4) is 0 Å². The molecule has 3 heteroatoms. The van der Waals surface area contributed by atoms with Gasteiger partial charge in [0.1, 0.15) is 6.20 Å². The molecule has 0 aromatic heterocycles. The van der Waals surface area contributed by atoms with Crippen molar-refractivity contribution in [2.45, 2.75) is 6.92 Å². The van der Waals surface area contributed by atoms with E-state index in [-0.39, 0.29) is 5.17 Å². The number of nitrogens with zero attached hydrogens (tertiary/aromatic N) is 1. The Morgan fingerprint density at radius 3 is 2.71 bits per heavy atom. The van der Waals surface area contributed by atoms with Gasteiger partial charge in [0.2, 0.25) is 0 Å². The molecule has 1 unspecified atom stereocenters. The van der Waals surface area contributed by atoms with E-state index in [4.69, 9.17) is 0 Å². The summed E-state index contributed by atoms with van der Waals surface area (Å²) in [5.74, 6) is 0. The molecule has 1 N–H and O–H groups in total. The van der Waals surface area contributed by atoms with Crippen LogP contribution in [0.15, 0.2) is 16.9 Å². The zero-order valence-electron chi connectivity index (χ0n) is 4.01. The quantitative estimate of drug-likeness (QED) is 0.399. The highest BCUT2D eigenvalue weighted by molar-refractivity contribution is 5.77. The first-order valence-corrected chi connectivity index (χ1v) is 2.05. The second-order valence-corrected chi connectivity index (χ2v) is 1.48. The van der Waals surface area contributed by atoms with Crippen molar-refractivity contribution in [3.05, 3.63) is 17.0 Å². The SMILES string of the molecule is CC1=C[NH+]([O-])N=C1. The topological polar surface area (TPSA) is 39.9 Å². The number of allylic oxidation sites excluding steroid dienone is 1. The Hall–Kier alpha value is -0.670. The second kappa shape index (κ2) is 1.44. The van der Waals surface area contributed by atoms with E-state index in [1.807, 2.05) is 6.92 Å². The molecular weight excluding hydrogens is 92.1 g/mol. The number of quaternary nitrogens is 1. The standard InChI is InChI=1S/C4H6N2O/c1-4-2-5-6(7)3-4/h2-3,6H,1H3. The van der Waals surface area contributed by atoms with Gasteiger partial charge in [0.25, 0.3) is 0 Å². The van der Waals surface area contributed by atoms with Crippen molar-refractivity contribution < 1.29 is 5.17 Å². The van der Waals surface area contributed by atoms with Gasteiger partial charge in [0, 0.05) is 5.57 Å². The summed E-state index contributed by atoms with van der Waals surface area (Å²) in [5, 5.41) is 13.5. The molecule has 1 rings (SSSR count). The Labute approximate surface area is 41.5 Å². The summed E-state index contributed by atoms with van der Waals surface area (Å²) >= 11 is 0. The van der Waals surface area contributed by atoms with Crippen molar-refractivity contribution in [3.63, 3.8) is 0 Å². The first kappa shape index (κ1) is 4.49. The highest BCUT2D eigenvalue weighted by Crippen LogP contribution is 1.83. The van der Waals surface area contributed by atoms with Gasteiger partial charge in [-0.25, -0.2) is 5.17 Å². The van der Waals surface area contributed by atoms with Crippen LogP contribution in [0, 0.1) is 5.21 Å². The summed E-state index contributed by atoms with van der Waals surface area (Å²) in [6.45, 7) is 1.84. The van der Waals surface area contributed by atoms with Crippen LogP contribution < -0.4 is 5.17 Å². The molecule has 38 valence electrons. The van der Waals surface area contributed by atoms with Crippen LogP contribution in [0.1, 0.15) is 6.92 Å². The van der Waals surface area contributed by atoms with Crippen LogP contribution in [-0.4, -0.2) is 6.21 Å². The van der Waals surface area contributed by atoms with E-state index in [0.717, 1.165) is 5.57 Å². The number of hydrogen-bond donors (Lipinski definition) is 1. The molecule has 1 aliphatic rings. The lowest BCUT2D eigenvalue weighted by atomic mass is 10.4. The molecule has 0 radical (unpaired) electrons. The van der Waals surface area contributed by atoms with Gasteiger partial charge in [-0.1, -0.05) is 5.10 Å². The van der Waals surface area contributed by atoms with E-state index in [0.29, 0.717) is 0 Å². The molecule has 7 heavy (non-hydrogen) atoms. The number of rotatable bonds is 0. The summed E-state index contributed by atoms with van der Waals surface area (Å²) in [4.78, 5) is 0. The monoisotopic (exact) mass is 98.0 g/mol. The Morgan fingerprint density at radius 1 is 1.86 bits per heavy atom. The molecule has 0 spiro atoms. The zero-order chi connectivity index (χ0) is 5.28. The van der Waals surface area contributed by atoms with E-state index in [1.54, 1.807) is 6.21 Å². The maximum absolute atomic E-state index is 10.2. The van der Waals surface area contributed by atoms with Crippen LogP contribution in [0.3, 0.4) is 0 Å². The minimum atomic E-state index is -0.141. The Balaban J connectivity index is 2.69. The summed E-state index contributed by atoms with van der Waals surface area (Å²) in [7, 11) is 0. The lowest BCUT2D eigenvalue weighted by Crippen LogP contribution is -2.95. The fraction of sp³-hybridized carbons (Fsp3) is 0.250. The van der Waals surface area contributed by atoms with Crippen molar-refractivity contribution >= 4 is 6.21 Å². The molecule has 3 nitrogen and oxygen atoms in total. The second-order valence-electron chi connectivity index (χ2n) is 1.48. The highest BCUT2D eigenvalue weighted by Gasteiger charge is 1.96. The minimum absolute atomic E-state index is 0.141. The van der Waals surface area contributed by atoms with Gasteiger partial charge in [-0.05, 0) is 6.92 Å². The van der Waals surface area contributed by atoms with Crippen LogP contribution in [0.5, 0.6) is 0 Å². The third-order valence-electron chi connectivity index (χ3n) is 0.747. The highest BCUT2D eigenvalue weighted by atomic mass is 16.5. The van der Waals surface area contributed by atoms with Crippen molar-refractivity contribution in [2.24, 2.45) is 5.10 Å². The van der Waals surface area contributed by atoms with E-state index in [1.165, 1.54) is 6.20 Å². The van der Waals surface area contributed by atoms with E-state index in [2.05, 4.69) is 5.10 Å². The normalized spacial score (nSPS) is 28.3. The van der Waals surface area contributed by atoms with E-state index >= 15 is 0 Å². The third-order valence-corrected chi connectivity index (χ3v) is 0.747. The van der Waals surface area contributed by atoms with Gasteiger partial charge in [0.15, 0.2) is 0 Å². The predicted octanol–water partition coefficient (Wildman–Crippen LogP) is -0.728. The Bertz CT molecular complexity index is 128.